The van der Waals surface area contributed by atoms with Crippen LogP contribution in [0.25, 0.3) is 0 Å². The fraction of sp³-hybridized carbons (Fsp3) is 0.188. The van der Waals surface area contributed by atoms with Gasteiger partial charge in [-0.2, -0.15) is 0 Å². The highest BCUT2D eigenvalue weighted by Gasteiger charge is 2.07. The van der Waals surface area contributed by atoms with Crippen LogP contribution in [0.2, 0.25) is 0 Å². The number of benzene rings is 2. The molecule has 0 aliphatic rings. The molecule has 0 bridgehead atoms. The van der Waals surface area contributed by atoms with Gasteiger partial charge in [0.25, 0.3) is 0 Å². The van der Waals surface area contributed by atoms with Crippen LogP contribution in [0.5, 0.6) is 0 Å². The van der Waals surface area contributed by atoms with Crippen LogP contribution in [0.1, 0.15) is 17.0 Å². The van der Waals surface area contributed by atoms with Crippen molar-refractivity contribution in [1.82, 2.24) is 0 Å². The SMILES string of the molecule is [CH2]C(c1ccccc1)c1ccc(N(C)C)cc1. The molecule has 1 heteroatoms. The summed E-state index contributed by atoms with van der Waals surface area (Å²) in [6, 6.07) is 19.0. The van der Waals surface area contributed by atoms with Crippen LogP contribution >= 0.6 is 0 Å². The van der Waals surface area contributed by atoms with Gasteiger partial charge in [-0.25, -0.2) is 0 Å². The van der Waals surface area contributed by atoms with Crippen LogP contribution in [0.3, 0.4) is 0 Å². The van der Waals surface area contributed by atoms with E-state index in [0.29, 0.717) is 0 Å². The molecule has 0 amide bonds. The Kier molecular flexibility index (Phi) is 3.48. The van der Waals surface area contributed by atoms with E-state index in [-0.39, 0.29) is 5.92 Å². The van der Waals surface area contributed by atoms with E-state index in [0.717, 1.165) is 0 Å². The molecule has 0 N–H and O–H groups in total. The number of nitrogens with zero attached hydrogens (tertiary/aromatic N) is 1. The average Bonchev–Trinajstić information content (AvgIpc) is 2.39. The summed E-state index contributed by atoms with van der Waals surface area (Å²) in [5.41, 5.74) is 3.72. The third-order valence-electron chi connectivity index (χ3n) is 3.01. The summed E-state index contributed by atoms with van der Waals surface area (Å²) in [6.07, 6.45) is 0. The predicted molar refractivity (Wildman–Crippen MR) is 74.4 cm³/mol. The molecule has 0 aliphatic carbocycles. The fourth-order valence-corrected chi connectivity index (χ4v) is 1.88. The van der Waals surface area contributed by atoms with Crippen LogP contribution in [0.4, 0.5) is 5.69 Å². The van der Waals surface area contributed by atoms with E-state index in [1.165, 1.54) is 16.8 Å². The molecule has 0 aliphatic heterocycles. The van der Waals surface area contributed by atoms with Crippen molar-refractivity contribution in [2.45, 2.75) is 5.92 Å². The number of hydrogen-bond acceptors (Lipinski definition) is 1. The van der Waals surface area contributed by atoms with Gasteiger partial charge < -0.3 is 4.90 Å². The van der Waals surface area contributed by atoms with Crippen LogP contribution < -0.4 is 4.90 Å². The summed E-state index contributed by atoms with van der Waals surface area (Å²) in [4.78, 5) is 2.10. The molecule has 87 valence electrons. The number of anilines is 1. The summed E-state index contributed by atoms with van der Waals surface area (Å²) in [6.45, 7) is 4.24. The van der Waals surface area contributed by atoms with E-state index in [9.17, 15) is 0 Å². The van der Waals surface area contributed by atoms with E-state index in [1.54, 1.807) is 0 Å². The Hall–Kier alpha value is -1.76. The molecule has 0 heterocycles. The van der Waals surface area contributed by atoms with Crippen molar-refractivity contribution in [2.24, 2.45) is 0 Å². The molecule has 2 rings (SSSR count). The van der Waals surface area contributed by atoms with Gasteiger partial charge in [-0.05, 0) is 30.2 Å². The standard InChI is InChI=1S/C16H18N/c1-13(14-7-5-4-6-8-14)15-9-11-16(12-10-15)17(2)3/h4-13H,1H2,2-3H3. The highest BCUT2D eigenvalue weighted by Crippen LogP contribution is 2.25. The lowest BCUT2D eigenvalue weighted by Gasteiger charge is -2.16. The largest absolute Gasteiger partial charge is 0.378 e. The first kappa shape index (κ1) is 11.7. The van der Waals surface area contributed by atoms with E-state index in [4.69, 9.17) is 0 Å². The highest BCUT2D eigenvalue weighted by molar-refractivity contribution is 5.48. The maximum atomic E-state index is 4.24. The molecule has 2 aromatic carbocycles. The number of rotatable bonds is 3. The van der Waals surface area contributed by atoms with E-state index in [2.05, 4.69) is 60.4 Å². The second-order valence-corrected chi connectivity index (χ2v) is 4.45. The van der Waals surface area contributed by atoms with Crippen molar-refractivity contribution in [3.63, 3.8) is 0 Å². The summed E-state index contributed by atoms with van der Waals surface area (Å²) in [7, 11) is 4.10. The van der Waals surface area contributed by atoms with E-state index < -0.39 is 0 Å². The maximum absolute atomic E-state index is 4.24. The lowest BCUT2D eigenvalue weighted by Crippen LogP contribution is -2.08. The monoisotopic (exact) mass is 224 g/mol. The first-order valence-electron chi connectivity index (χ1n) is 5.84. The Morgan fingerprint density at radius 3 is 1.88 bits per heavy atom. The zero-order valence-electron chi connectivity index (χ0n) is 10.4. The van der Waals surface area contributed by atoms with Gasteiger partial charge in [0.2, 0.25) is 0 Å². The van der Waals surface area contributed by atoms with Crippen LogP contribution in [-0.2, 0) is 0 Å². The van der Waals surface area contributed by atoms with Crippen LogP contribution in [0.15, 0.2) is 54.6 Å². The second kappa shape index (κ2) is 5.05. The van der Waals surface area contributed by atoms with Crippen molar-refractivity contribution in [3.05, 3.63) is 72.6 Å². The van der Waals surface area contributed by atoms with E-state index in [1.807, 2.05) is 20.2 Å². The van der Waals surface area contributed by atoms with Gasteiger partial charge in [0.15, 0.2) is 0 Å². The third kappa shape index (κ3) is 2.68. The molecule has 0 aromatic heterocycles. The Bertz CT molecular complexity index is 457. The first-order valence-corrected chi connectivity index (χ1v) is 5.84. The molecule has 1 radical (unpaired) electrons. The van der Waals surface area contributed by atoms with E-state index >= 15 is 0 Å². The van der Waals surface area contributed by atoms with Crippen LogP contribution in [0, 0.1) is 6.92 Å². The molecule has 2 aromatic rings. The summed E-state index contributed by atoms with van der Waals surface area (Å²) in [5.74, 6) is 0.201. The second-order valence-electron chi connectivity index (χ2n) is 4.45. The van der Waals surface area contributed by atoms with Crippen molar-refractivity contribution < 1.29 is 0 Å². The zero-order valence-corrected chi connectivity index (χ0v) is 10.4. The van der Waals surface area contributed by atoms with Crippen molar-refractivity contribution >= 4 is 5.69 Å². The van der Waals surface area contributed by atoms with Gasteiger partial charge in [0.1, 0.15) is 0 Å². The first-order chi connectivity index (χ1) is 8.18. The molecule has 1 atom stereocenters. The maximum Gasteiger partial charge on any atom is 0.0361 e. The molecule has 0 saturated heterocycles. The molecule has 0 fully saturated rings. The minimum absolute atomic E-state index is 0.201. The molecule has 0 spiro atoms. The topological polar surface area (TPSA) is 3.24 Å². The predicted octanol–water partition coefficient (Wildman–Crippen LogP) is 3.72. The van der Waals surface area contributed by atoms with Gasteiger partial charge in [-0.3, -0.25) is 0 Å². The third-order valence-corrected chi connectivity index (χ3v) is 3.01. The lowest BCUT2D eigenvalue weighted by molar-refractivity contribution is 1.02. The summed E-state index contributed by atoms with van der Waals surface area (Å²) < 4.78 is 0. The molecule has 1 unspecified atom stereocenters. The molecular weight excluding hydrogens is 206 g/mol. The van der Waals surface area contributed by atoms with Gasteiger partial charge in [0.05, 0.1) is 0 Å². The molecule has 1 nitrogen and oxygen atoms in total. The van der Waals surface area contributed by atoms with Gasteiger partial charge >= 0.3 is 0 Å². The summed E-state index contributed by atoms with van der Waals surface area (Å²) >= 11 is 0. The quantitative estimate of drug-likeness (QED) is 0.768. The minimum Gasteiger partial charge on any atom is -0.378 e. The van der Waals surface area contributed by atoms with Gasteiger partial charge in [0, 0.05) is 25.7 Å². The highest BCUT2D eigenvalue weighted by atomic mass is 15.1. The van der Waals surface area contributed by atoms with Crippen LogP contribution in [-0.4, -0.2) is 14.1 Å². The Morgan fingerprint density at radius 1 is 0.824 bits per heavy atom. The molecular formula is C16H18N. The zero-order chi connectivity index (χ0) is 12.3. The van der Waals surface area contributed by atoms with Crippen molar-refractivity contribution in [1.29, 1.82) is 0 Å². The van der Waals surface area contributed by atoms with Gasteiger partial charge in [-0.1, -0.05) is 42.5 Å². The van der Waals surface area contributed by atoms with Gasteiger partial charge in [-0.15, -0.1) is 0 Å². The Morgan fingerprint density at radius 2 is 1.35 bits per heavy atom. The fourth-order valence-electron chi connectivity index (χ4n) is 1.88. The molecule has 0 saturated carbocycles. The lowest BCUT2D eigenvalue weighted by atomic mass is 9.93. The Balaban J connectivity index is 2.23. The Labute approximate surface area is 104 Å². The van der Waals surface area contributed by atoms with Crippen molar-refractivity contribution in [2.75, 3.05) is 19.0 Å². The average molecular weight is 224 g/mol. The minimum atomic E-state index is 0.201. The smallest absolute Gasteiger partial charge is 0.0361 e. The normalized spacial score (nSPS) is 12.2. The van der Waals surface area contributed by atoms with Crippen molar-refractivity contribution in [3.8, 4) is 0 Å². The number of hydrogen-bond donors (Lipinski definition) is 0. The molecule has 17 heavy (non-hydrogen) atoms. The summed E-state index contributed by atoms with van der Waals surface area (Å²) in [5, 5.41) is 0.